The van der Waals surface area contributed by atoms with E-state index in [1.54, 1.807) is 0 Å². The zero-order valence-electron chi connectivity index (χ0n) is 12.7. The van der Waals surface area contributed by atoms with Crippen LogP contribution in [0.3, 0.4) is 0 Å². The van der Waals surface area contributed by atoms with Crippen LogP contribution in [0.15, 0.2) is 0 Å². The Morgan fingerprint density at radius 3 is 2.54 bits per heavy atom. The number of carboxylic acids is 1. The summed E-state index contributed by atoms with van der Waals surface area (Å²) in [5.41, 5.74) is 0. The van der Waals surface area contributed by atoms with Crippen LogP contribution in [0.4, 0.5) is 0 Å². The van der Waals surface area contributed by atoms with Gasteiger partial charge in [0.2, 0.25) is 5.91 Å². The second-order valence-corrected chi connectivity index (χ2v) is 5.48. The minimum absolute atomic E-state index is 0.0890. The number of carbonyl (C=O) groups excluding carboxylic acids is 1. The molecule has 10 heteroatoms. The van der Waals surface area contributed by atoms with Gasteiger partial charge in [-0.05, 0) is 0 Å². The molecular weight excluding hydrogens is 326 g/mol. The third-order valence-electron chi connectivity index (χ3n) is 3.66. The minimum Gasteiger partial charge on any atom is -0.477 e. The zero-order chi connectivity index (χ0) is 18.5. The number of aliphatic hydroxyl groups excluding tert-OH is 4. The summed E-state index contributed by atoms with van der Waals surface area (Å²) >= 11 is 0. The smallest absolute Gasteiger partial charge is 0.364 e. The maximum atomic E-state index is 11.8. The topological polar surface area (TPSA) is 177 Å². The van der Waals surface area contributed by atoms with Gasteiger partial charge in [-0.25, -0.2) is 4.79 Å². The third kappa shape index (κ3) is 4.64. The molecular formula is C14H21NO9. The van der Waals surface area contributed by atoms with E-state index in [9.17, 15) is 30.0 Å². The van der Waals surface area contributed by atoms with Crippen LogP contribution in [0, 0.1) is 12.3 Å². The Kier molecular flexibility index (Phi) is 7.09. The SMILES string of the molecule is C#CCCC(=O)N[C@H]1[C@H]([C@H](O)[C@H](O)CO)O[C@@](O)(C(=O)O)C[C@@H]1O. The Morgan fingerprint density at radius 1 is 1.42 bits per heavy atom. The van der Waals surface area contributed by atoms with E-state index in [2.05, 4.69) is 11.2 Å². The fourth-order valence-corrected chi connectivity index (χ4v) is 2.34. The first kappa shape index (κ1) is 20.3. The Balaban J connectivity index is 3.02. The molecule has 1 amide bonds. The molecule has 1 saturated heterocycles. The fourth-order valence-electron chi connectivity index (χ4n) is 2.34. The Morgan fingerprint density at radius 2 is 2.04 bits per heavy atom. The molecule has 1 aliphatic rings. The number of aliphatic carboxylic acids is 1. The normalized spacial score (nSPS) is 32.4. The van der Waals surface area contributed by atoms with Crippen LogP contribution in [0.25, 0.3) is 0 Å². The molecule has 0 saturated carbocycles. The van der Waals surface area contributed by atoms with Gasteiger partial charge in [0, 0.05) is 19.3 Å². The van der Waals surface area contributed by atoms with Gasteiger partial charge in [0.1, 0.15) is 18.3 Å². The molecule has 1 aliphatic heterocycles. The van der Waals surface area contributed by atoms with Crippen molar-refractivity contribution in [2.24, 2.45) is 0 Å². The average molecular weight is 347 g/mol. The molecule has 0 spiro atoms. The van der Waals surface area contributed by atoms with Crippen LogP contribution in [0.5, 0.6) is 0 Å². The van der Waals surface area contributed by atoms with Crippen molar-refractivity contribution in [2.75, 3.05) is 6.61 Å². The highest BCUT2D eigenvalue weighted by molar-refractivity contribution is 5.77. The molecule has 1 fully saturated rings. The summed E-state index contributed by atoms with van der Waals surface area (Å²) in [7, 11) is 0. The van der Waals surface area contributed by atoms with E-state index in [1.165, 1.54) is 0 Å². The van der Waals surface area contributed by atoms with Crippen molar-refractivity contribution in [3.05, 3.63) is 0 Å². The molecule has 6 atom stereocenters. The van der Waals surface area contributed by atoms with Crippen molar-refractivity contribution < 1.29 is 45.0 Å². The largest absolute Gasteiger partial charge is 0.477 e. The van der Waals surface area contributed by atoms with Gasteiger partial charge < -0.3 is 40.7 Å². The summed E-state index contributed by atoms with van der Waals surface area (Å²) in [6.45, 7) is -0.889. The van der Waals surface area contributed by atoms with Gasteiger partial charge in [0.15, 0.2) is 0 Å². The number of aliphatic hydroxyl groups is 5. The van der Waals surface area contributed by atoms with Gasteiger partial charge >= 0.3 is 5.97 Å². The van der Waals surface area contributed by atoms with Gasteiger partial charge in [-0.1, -0.05) is 0 Å². The molecule has 0 aliphatic carbocycles. The number of terminal acetylenes is 1. The fraction of sp³-hybridized carbons (Fsp3) is 0.714. The molecule has 136 valence electrons. The van der Waals surface area contributed by atoms with E-state index in [-0.39, 0.29) is 12.8 Å². The van der Waals surface area contributed by atoms with Crippen LogP contribution in [0.1, 0.15) is 19.3 Å². The molecule has 1 rings (SSSR count). The van der Waals surface area contributed by atoms with Crippen LogP contribution < -0.4 is 5.32 Å². The maximum absolute atomic E-state index is 11.8. The summed E-state index contributed by atoms with van der Waals surface area (Å²) in [5, 5.41) is 59.8. The highest BCUT2D eigenvalue weighted by Crippen LogP contribution is 2.30. The molecule has 1 heterocycles. The summed E-state index contributed by atoms with van der Waals surface area (Å²) in [4.78, 5) is 22.9. The van der Waals surface area contributed by atoms with E-state index >= 15 is 0 Å². The predicted molar refractivity (Wildman–Crippen MR) is 77.2 cm³/mol. The molecule has 0 aromatic heterocycles. The molecule has 0 unspecified atom stereocenters. The number of hydrogen-bond acceptors (Lipinski definition) is 8. The molecule has 0 bridgehead atoms. The van der Waals surface area contributed by atoms with Gasteiger partial charge in [-0.15, -0.1) is 12.3 Å². The maximum Gasteiger partial charge on any atom is 0.364 e. The number of amides is 1. The molecule has 0 radical (unpaired) electrons. The first-order chi connectivity index (χ1) is 11.2. The standard InChI is InChI=1S/C14H21NO9/c1-2-3-4-9(19)15-10-7(17)5-14(23,13(21)22)24-12(10)11(20)8(18)6-16/h1,7-8,10-12,16-18,20,23H,3-6H2,(H,15,19)(H,21,22)/t7-,8+,10+,11+,12+,14+/m0/s1. The molecule has 24 heavy (non-hydrogen) atoms. The lowest BCUT2D eigenvalue weighted by Crippen LogP contribution is -2.67. The van der Waals surface area contributed by atoms with Crippen molar-refractivity contribution in [1.82, 2.24) is 5.32 Å². The second-order valence-electron chi connectivity index (χ2n) is 5.48. The Hall–Kier alpha value is -1.74. The van der Waals surface area contributed by atoms with Crippen molar-refractivity contribution in [2.45, 2.75) is 55.5 Å². The van der Waals surface area contributed by atoms with Crippen molar-refractivity contribution in [3.8, 4) is 12.3 Å². The summed E-state index contributed by atoms with van der Waals surface area (Å²) in [6, 6.07) is -1.33. The van der Waals surface area contributed by atoms with Crippen molar-refractivity contribution in [3.63, 3.8) is 0 Å². The first-order valence-electron chi connectivity index (χ1n) is 7.17. The van der Waals surface area contributed by atoms with Crippen LogP contribution in [-0.2, 0) is 14.3 Å². The molecule has 0 aromatic carbocycles. The monoisotopic (exact) mass is 347 g/mol. The lowest BCUT2D eigenvalue weighted by molar-refractivity contribution is -0.295. The summed E-state index contributed by atoms with van der Waals surface area (Å²) in [6.07, 6.45) is -2.63. The Labute approximate surface area is 137 Å². The summed E-state index contributed by atoms with van der Waals surface area (Å²) in [5.74, 6) is -2.99. The van der Waals surface area contributed by atoms with Gasteiger partial charge in [0.05, 0.1) is 18.8 Å². The average Bonchev–Trinajstić information content (AvgIpc) is 2.53. The molecule has 10 nitrogen and oxygen atoms in total. The number of nitrogens with one attached hydrogen (secondary N) is 1. The minimum atomic E-state index is -2.82. The predicted octanol–water partition coefficient (Wildman–Crippen LogP) is -3.48. The van der Waals surface area contributed by atoms with E-state index in [4.69, 9.17) is 21.4 Å². The molecule has 7 N–H and O–H groups in total. The lowest BCUT2D eigenvalue weighted by Gasteiger charge is -2.44. The first-order valence-corrected chi connectivity index (χ1v) is 7.17. The van der Waals surface area contributed by atoms with E-state index < -0.39 is 61.1 Å². The second kappa shape index (κ2) is 8.39. The molecule has 0 aromatic rings. The van der Waals surface area contributed by atoms with Gasteiger partial charge in [-0.3, -0.25) is 4.79 Å². The quantitative estimate of drug-likeness (QED) is 0.230. The number of carboxylic acid groups (broad SMARTS) is 1. The van der Waals surface area contributed by atoms with Crippen molar-refractivity contribution in [1.29, 1.82) is 0 Å². The van der Waals surface area contributed by atoms with E-state index in [0.29, 0.717) is 0 Å². The van der Waals surface area contributed by atoms with Crippen molar-refractivity contribution >= 4 is 11.9 Å². The van der Waals surface area contributed by atoms with Crippen LogP contribution in [0.2, 0.25) is 0 Å². The third-order valence-corrected chi connectivity index (χ3v) is 3.66. The van der Waals surface area contributed by atoms with Gasteiger partial charge in [0.25, 0.3) is 5.79 Å². The van der Waals surface area contributed by atoms with E-state index in [0.717, 1.165) is 0 Å². The van der Waals surface area contributed by atoms with E-state index in [1.807, 2.05) is 0 Å². The lowest BCUT2D eigenvalue weighted by atomic mass is 9.88. The Bertz CT molecular complexity index is 505. The highest BCUT2D eigenvalue weighted by atomic mass is 16.7. The van der Waals surface area contributed by atoms with Crippen LogP contribution >= 0.6 is 0 Å². The zero-order valence-corrected chi connectivity index (χ0v) is 12.7. The summed E-state index contributed by atoms with van der Waals surface area (Å²) < 4.78 is 4.93. The van der Waals surface area contributed by atoms with Crippen LogP contribution in [-0.4, -0.2) is 85.4 Å². The highest BCUT2D eigenvalue weighted by Gasteiger charge is 2.53. The number of ether oxygens (including phenoxy) is 1. The number of carbonyl (C=O) groups is 2. The van der Waals surface area contributed by atoms with Gasteiger partial charge in [-0.2, -0.15) is 0 Å². The number of hydrogen-bond donors (Lipinski definition) is 7. The number of rotatable bonds is 7.